The van der Waals surface area contributed by atoms with Crippen molar-refractivity contribution in [2.75, 3.05) is 0 Å². The molecule has 76 valence electrons. The molecule has 1 rings (SSSR count). The molecule has 0 amide bonds. The van der Waals surface area contributed by atoms with Crippen LogP contribution < -0.4 is 0 Å². The third-order valence-electron chi connectivity index (χ3n) is 2.25. The summed E-state index contributed by atoms with van der Waals surface area (Å²) in [5.41, 5.74) is 3.21. The van der Waals surface area contributed by atoms with E-state index in [1.165, 1.54) is 0 Å². The lowest BCUT2D eigenvalue weighted by molar-refractivity contribution is -0.147. The largest absolute Gasteiger partial charge is 0.479 e. The topological polar surface area (TPSA) is 57.5 Å². The van der Waals surface area contributed by atoms with Crippen LogP contribution in [0.2, 0.25) is 0 Å². The minimum absolute atomic E-state index is 0.503. The average Bonchev–Trinajstić information content (AvgIpc) is 2.01. The summed E-state index contributed by atoms with van der Waals surface area (Å²) >= 11 is 0. The lowest BCUT2D eigenvalue weighted by Crippen LogP contribution is -2.13. The van der Waals surface area contributed by atoms with E-state index >= 15 is 0 Å². The summed E-state index contributed by atoms with van der Waals surface area (Å²) in [5, 5.41) is 18.2. The van der Waals surface area contributed by atoms with Crippen LogP contribution in [0.25, 0.3) is 0 Å². The molecule has 1 aromatic carbocycles. The minimum atomic E-state index is -1.42. The highest BCUT2D eigenvalue weighted by molar-refractivity contribution is 5.75. The van der Waals surface area contributed by atoms with Crippen LogP contribution in [0.15, 0.2) is 12.1 Å². The van der Waals surface area contributed by atoms with E-state index in [1.54, 1.807) is 0 Å². The number of aliphatic carboxylic acids is 1. The van der Waals surface area contributed by atoms with Crippen molar-refractivity contribution in [1.29, 1.82) is 0 Å². The zero-order valence-electron chi connectivity index (χ0n) is 8.53. The number of hydrogen-bond acceptors (Lipinski definition) is 2. The number of carboxylic acids is 1. The van der Waals surface area contributed by atoms with Crippen LogP contribution >= 0.6 is 0 Å². The molecular weight excluding hydrogens is 180 g/mol. The number of benzene rings is 1. The molecule has 0 bridgehead atoms. The lowest BCUT2D eigenvalue weighted by Gasteiger charge is -2.13. The van der Waals surface area contributed by atoms with E-state index < -0.39 is 12.1 Å². The molecule has 0 unspecified atom stereocenters. The molecule has 0 aliphatic heterocycles. The van der Waals surface area contributed by atoms with Gasteiger partial charge in [0.25, 0.3) is 0 Å². The highest BCUT2D eigenvalue weighted by atomic mass is 16.4. The Balaban J connectivity index is 3.27. The van der Waals surface area contributed by atoms with Crippen molar-refractivity contribution in [3.8, 4) is 0 Å². The zero-order valence-corrected chi connectivity index (χ0v) is 8.53. The van der Waals surface area contributed by atoms with Crippen molar-refractivity contribution < 1.29 is 15.0 Å². The highest BCUT2D eigenvalue weighted by Crippen LogP contribution is 2.23. The fraction of sp³-hybridized carbons (Fsp3) is 0.364. The number of aliphatic hydroxyl groups is 1. The monoisotopic (exact) mass is 194 g/mol. The van der Waals surface area contributed by atoms with Gasteiger partial charge in [0.2, 0.25) is 0 Å². The van der Waals surface area contributed by atoms with Crippen molar-refractivity contribution in [1.82, 2.24) is 0 Å². The molecule has 3 heteroatoms. The Morgan fingerprint density at radius 1 is 1.21 bits per heavy atom. The summed E-state index contributed by atoms with van der Waals surface area (Å²) in [4.78, 5) is 10.6. The molecule has 0 fully saturated rings. The number of aryl methyl sites for hydroxylation is 3. The maximum absolute atomic E-state index is 10.6. The summed E-state index contributed by atoms with van der Waals surface area (Å²) in [6.07, 6.45) is -1.42. The van der Waals surface area contributed by atoms with Gasteiger partial charge in [-0.05, 0) is 37.5 Å². The quantitative estimate of drug-likeness (QED) is 0.753. The zero-order chi connectivity index (χ0) is 10.9. The molecule has 14 heavy (non-hydrogen) atoms. The van der Waals surface area contributed by atoms with Crippen LogP contribution in [0.3, 0.4) is 0 Å². The second-order valence-electron chi connectivity index (χ2n) is 3.55. The third kappa shape index (κ3) is 1.93. The fourth-order valence-electron chi connectivity index (χ4n) is 1.75. The number of carbonyl (C=O) groups is 1. The standard InChI is InChI=1S/C11H14O3/c1-6-4-7(2)9(8(3)5-6)10(12)11(13)14/h4-5,10,12H,1-3H3,(H,13,14)/t10-/m0/s1. The second-order valence-corrected chi connectivity index (χ2v) is 3.55. The van der Waals surface area contributed by atoms with Crippen molar-refractivity contribution in [3.05, 3.63) is 34.4 Å². The molecule has 0 spiro atoms. The van der Waals surface area contributed by atoms with Crippen molar-refractivity contribution in [2.45, 2.75) is 26.9 Å². The van der Waals surface area contributed by atoms with E-state index in [1.807, 2.05) is 32.9 Å². The van der Waals surface area contributed by atoms with Crippen LogP contribution in [-0.4, -0.2) is 16.2 Å². The van der Waals surface area contributed by atoms with Gasteiger partial charge < -0.3 is 10.2 Å². The highest BCUT2D eigenvalue weighted by Gasteiger charge is 2.20. The van der Waals surface area contributed by atoms with Crippen LogP contribution in [-0.2, 0) is 4.79 Å². The van der Waals surface area contributed by atoms with Crippen molar-refractivity contribution in [2.24, 2.45) is 0 Å². The summed E-state index contributed by atoms with van der Waals surface area (Å²) in [6, 6.07) is 3.74. The van der Waals surface area contributed by atoms with Gasteiger partial charge in [0.05, 0.1) is 0 Å². The molecule has 0 aliphatic rings. The number of rotatable bonds is 2. The first-order valence-electron chi connectivity index (χ1n) is 4.42. The molecule has 0 heterocycles. The molecule has 0 saturated carbocycles. The Morgan fingerprint density at radius 3 is 2.00 bits per heavy atom. The SMILES string of the molecule is Cc1cc(C)c([C@H](O)C(=O)O)c(C)c1. The van der Waals surface area contributed by atoms with Crippen LogP contribution in [0.1, 0.15) is 28.4 Å². The van der Waals surface area contributed by atoms with Crippen molar-refractivity contribution in [3.63, 3.8) is 0 Å². The van der Waals surface area contributed by atoms with Gasteiger partial charge in [0.15, 0.2) is 6.10 Å². The Labute approximate surface area is 83.0 Å². The first-order chi connectivity index (χ1) is 6.43. The van der Waals surface area contributed by atoms with E-state index in [2.05, 4.69) is 0 Å². The number of hydrogen-bond donors (Lipinski definition) is 2. The van der Waals surface area contributed by atoms with E-state index in [0.29, 0.717) is 5.56 Å². The van der Waals surface area contributed by atoms with E-state index in [9.17, 15) is 9.90 Å². The van der Waals surface area contributed by atoms with Gasteiger partial charge in [-0.3, -0.25) is 0 Å². The third-order valence-corrected chi connectivity index (χ3v) is 2.25. The first-order valence-corrected chi connectivity index (χ1v) is 4.42. The van der Waals surface area contributed by atoms with Crippen molar-refractivity contribution >= 4 is 5.97 Å². The summed E-state index contributed by atoms with van der Waals surface area (Å²) in [7, 11) is 0. The molecule has 1 aromatic rings. The van der Waals surface area contributed by atoms with Gasteiger partial charge in [0.1, 0.15) is 0 Å². The lowest BCUT2D eigenvalue weighted by atomic mass is 9.96. The average molecular weight is 194 g/mol. The summed E-state index contributed by atoms with van der Waals surface area (Å²) < 4.78 is 0. The Bertz CT molecular complexity index is 346. The maximum atomic E-state index is 10.6. The van der Waals surface area contributed by atoms with Gasteiger partial charge in [-0.15, -0.1) is 0 Å². The Hall–Kier alpha value is -1.35. The Kier molecular flexibility index (Phi) is 2.91. The van der Waals surface area contributed by atoms with Crippen LogP contribution in [0.5, 0.6) is 0 Å². The predicted molar refractivity (Wildman–Crippen MR) is 53.2 cm³/mol. The smallest absolute Gasteiger partial charge is 0.337 e. The predicted octanol–water partition coefficient (Wildman–Crippen LogP) is 1.73. The van der Waals surface area contributed by atoms with Gasteiger partial charge in [-0.25, -0.2) is 4.79 Å². The van der Waals surface area contributed by atoms with Gasteiger partial charge in [0, 0.05) is 0 Å². The first kappa shape index (κ1) is 10.7. The molecular formula is C11H14O3. The normalized spacial score (nSPS) is 12.6. The van der Waals surface area contributed by atoms with E-state index in [4.69, 9.17) is 5.11 Å². The molecule has 0 aliphatic carbocycles. The molecule has 3 nitrogen and oxygen atoms in total. The van der Waals surface area contributed by atoms with Crippen LogP contribution in [0, 0.1) is 20.8 Å². The van der Waals surface area contributed by atoms with E-state index in [0.717, 1.165) is 16.7 Å². The molecule has 1 atom stereocenters. The summed E-state index contributed by atoms with van der Waals surface area (Å²) in [5.74, 6) is -1.21. The van der Waals surface area contributed by atoms with Gasteiger partial charge >= 0.3 is 5.97 Å². The van der Waals surface area contributed by atoms with Gasteiger partial charge in [-0.1, -0.05) is 17.7 Å². The molecule has 0 radical (unpaired) electrons. The maximum Gasteiger partial charge on any atom is 0.337 e. The number of aliphatic hydroxyl groups excluding tert-OH is 1. The second kappa shape index (κ2) is 3.80. The number of carboxylic acid groups (broad SMARTS) is 1. The fourth-order valence-corrected chi connectivity index (χ4v) is 1.75. The Morgan fingerprint density at radius 2 is 1.64 bits per heavy atom. The van der Waals surface area contributed by atoms with E-state index in [-0.39, 0.29) is 0 Å². The molecule has 0 saturated heterocycles. The molecule has 0 aromatic heterocycles. The van der Waals surface area contributed by atoms with Gasteiger partial charge in [-0.2, -0.15) is 0 Å². The van der Waals surface area contributed by atoms with Crippen LogP contribution in [0.4, 0.5) is 0 Å². The minimum Gasteiger partial charge on any atom is -0.479 e. The summed E-state index contributed by atoms with van der Waals surface area (Å²) in [6.45, 7) is 5.56. The molecule has 2 N–H and O–H groups in total.